The van der Waals surface area contributed by atoms with Gasteiger partial charge in [-0.15, -0.1) is 0 Å². The van der Waals surface area contributed by atoms with E-state index in [4.69, 9.17) is 0 Å². The van der Waals surface area contributed by atoms with E-state index >= 15 is 0 Å². The Morgan fingerprint density at radius 1 is 0.594 bits per heavy atom. The molecule has 0 spiro atoms. The molecule has 1 rings (SSSR count). The molecule has 0 radical (unpaired) electrons. The van der Waals surface area contributed by atoms with Gasteiger partial charge < -0.3 is 0 Å². The van der Waals surface area contributed by atoms with Crippen molar-refractivity contribution in [3.8, 4) is 0 Å². The third-order valence-corrected chi connectivity index (χ3v) is 7.36. The van der Waals surface area contributed by atoms with Crippen molar-refractivity contribution in [1.29, 1.82) is 0 Å². The summed E-state index contributed by atoms with van der Waals surface area (Å²) in [5.74, 6) is 2.19. The lowest BCUT2D eigenvalue weighted by molar-refractivity contribution is -0.727. The topological polar surface area (TPSA) is 19.7 Å². The van der Waals surface area contributed by atoms with Gasteiger partial charge in [0.05, 0.1) is 12.0 Å². The van der Waals surface area contributed by atoms with E-state index < -0.39 is 0 Å². The van der Waals surface area contributed by atoms with E-state index in [0.29, 0.717) is 12.0 Å². The van der Waals surface area contributed by atoms with E-state index in [2.05, 4.69) is 49.6 Å². The Morgan fingerprint density at radius 2 is 1.06 bits per heavy atom. The molecule has 0 fully saturated rings. The van der Waals surface area contributed by atoms with Gasteiger partial charge in [-0.25, -0.2) is 9.55 Å². The fourth-order valence-corrected chi connectivity index (χ4v) is 5.33. The molecular weight excluding hydrogens is 388 g/mol. The van der Waals surface area contributed by atoms with Crippen LogP contribution in [0.3, 0.4) is 0 Å². The monoisotopic (exact) mass is 447 g/mol. The predicted molar refractivity (Wildman–Crippen MR) is 142 cm³/mol. The number of hydrogen-bond acceptors (Lipinski definition) is 0. The highest BCUT2D eigenvalue weighted by Gasteiger charge is 2.24. The maximum Gasteiger partial charge on any atom is 0.257 e. The standard InChI is InChI=1S/C30H58N2/c1-5-8-9-10-11-12-13-14-15-16-17-18-19-20-21-22-25-29(24-7-3)30-31-26-27-32(30)28(4)23-6-2/h26-29H,5-25H2,1-4H3/p+1. The molecule has 2 atom stereocenters. The fraction of sp³-hybridized carbons (Fsp3) is 0.900. The number of nitrogens with one attached hydrogen (secondary N) is 1. The molecule has 1 N–H and O–H groups in total. The smallest absolute Gasteiger partial charge is 0.247 e. The van der Waals surface area contributed by atoms with Crippen LogP contribution in [-0.2, 0) is 0 Å². The molecule has 1 aromatic rings. The molecule has 0 aliphatic rings. The first kappa shape index (κ1) is 29.2. The van der Waals surface area contributed by atoms with Crippen molar-refractivity contribution >= 4 is 0 Å². The molecule has 2 nitrogen and oxygen atoms in total. The largest absolute Gasteiger partial charge is 0.257 e. The van der Waals surface area contributed by atoms with Crippen LogP contribution in [-0.4, -0.2) is 4.98 Å². The number of rotatable bonds is 23. The minimum Gasteiger partial charge on any atom is -0.247 e. The third kappa shape index (κ3) is 13.7. The molecular formula is C30H59N2+. The van der Waals surface area contributed by atoms with E-state index in [-0.39, 0.29) is 0 Å². The Labute approximate surface area is 202 Å². The van der Waals surface area contributed by atoms with Crippen LogP contribution in [0.5, 0.6) is 0 Å². The van der Waals surface area contributed by atoms with Gasteiger partial charge in [0.25, 0.3) is 5.82 Å². The number of hydrogen-bond donors (Lipinski definition) is 1. The Bertz CT molecular complexity index is 507. The van der Waals surface area contributed by atoms with Gasteiger partial charge in [0.2, 0.25) is 0 Å². The molecule has 2 heteroatoms. The number of H-pyrrole nitrogens is 1. The molecule has 0 bridgehead atoms. The fourth-order valence-electron chi connectivity index (χ4n) is 5.33. The number of aromatic nitrogens is 2. The first-order chi connectivity index (χ1) is 15.7. The molecule has 1 heterocycles. The van der Waals surface area contributed by atoms with Crippen molar-refractivity contribution in [3.63, 3.8) is 0 Å². The van der Waals surface area contributed by atoms with Crippen LogP contribution in [0, 0.1) is 0 Å². The van der Waals surface area contributed by atoms with Crippen LogP contribution >= 0.6 is 0 Å². The van der Waals surface area contributed by atoms with Crippen LogP contribution in [0.15, 0.2) is 12.4 Å². The minimum atomic E-state index is 0.617. The van der Waals surface area contributed by atoms with Crippen molar-refractivity contribution in [2.24, 2.45) is 0 Å². The molecule has 0 saturated heterocycles. The molecule has 0 aliphatic carbocycles. The molecule has 1 aromatic heterocycles. The normalized spacial score (nSPS) is 13.5. The van der Waals surface area contributed by atoms with Gasteiger partial charge >= 0.3 is 0 Å². The highest BCUT2D eigenvalue weighted by atomic mass is 15.1. The zero-order valence-electron chi connectivity index (χ0n) is 22.6. The first-order valence-electron chi connectivity index (χ1n) is 14.8. The highest BCUT2D eigenvalue weighted by molar-refractivity contribution is 4.90. The van der Waals surface area contributed by atoms with Crippen LogP contribution < -0.4 is 4.57 Å². The first-order valence-corrected chi connectivity index (χ1v) is 14.8. The quantitative estimate of drug-likeness (QED) is 0.127. The molecule has 188 valence electrons. The molecule has 2 unspecified atom stereocenters. The number of imidazole rings is 1. The van der Waals surface area contributed by atoms with Gasteiger partial charge in [-0.2, -0.15) is 0 Å². The van der Waals surface area contributed by atoms with Gasteiger partial charge in [0.1, 0.15) is 12.4 Å². The third-order valence-electron chi connectivity index (χ3n) is 7.36. The molecule has 0 amide bonds. The number of nitrogens with zero attached hydrogens (tertiary/aromatic N) is 1. The minimum absolute atomic E-state index is 0.617. The molecule has 0 aromatic carbocycles. The van der Waals surface area contributed by atoms with Crippen molar-refractivity contribution in [1.82, 2.24) is 4.98 Å². The van der Waals surface area contributed by atoms with E-state index in [1.54, 1.807) is 0 Å². The SMILES string of the molecule is CCCCCCCCCCCCCCCCCCC(CCC)c1[nH]cc[n+]1C(C)CCC. The lowest BCUT2D eigenvalue weighted by Gasteiger charge is -2.16. The molecule has 0 saturated carbocycles. The summed E-state index contributed by atoms with van der Waals surface area (Å²) in [4.78, 5) is 3.60. The van der Waals surface area contributed by atoms with Gasteiger partial charge in [-0.05, 0) is 26.2 Å². The van der Waals surface area contributed by atoms with Crippen molar-refractivity contribution in [2.75, 3.05) is 0 Å². The lowest BCUT2D eigenvalue weighted by Crippen LogP contribution is -2.41. The van der Waals surface area contributed by atoms with Crippen molar-refractivity contribution in [2.45, 2.75) is 174 Å². The summed E-state index contributed by atoms with van der Waals surface area (Å²) >= 11 is 0. The van der Waals surface area contributed by atoms with Crippen LogP contribution in [0.2, 0.25) is 0 Å². The summed E-state index contributed by atoms with van der Waals surface area (Å²) in [5, 5.41) is 0. The zero-order chi connectivity index (χ0) is 23.3. The van der Waals surface area contributed by atoms with E-state index in [1.807, 2.05) is 0 Å². The predicted octanol–water partition coefficient (Wildman–Crippen LogP) is 10.2. The van der Waals surface area contributed by atoms with E-state index in [0.717, 1.165) is 0 Å². The lowest BCUT2D eigenvalue weighted by atomic mass is 9.94. The van der Waals surface area contributed by atoms with Gasteiger partial charge in [0.15, 0.2) is 0 Å². The average Bonchev–Trinajstić information content (AvgIpc) is 3.28. The van der Waals surface area contributed by atoms with E-state index in [1.165, 1.54) is 141 Å². The summed E-state index contributed by atoms with van der Waals surface area (Å²) in [7, 11) is 0. The number of unbranched alkanes of at least 4 members (excludes halogenated alkanes) is 15. The van der Waals surface area contributed by atoms with Crippen molar-refractivity contribution in [3.05, 3.63) is 18.2 Å². The summed E-state index contributed by atoms with van der Waals surface area (Å²) in [5.41, 5.74) is 0. The van der Waals surface area contributed by atoms with Gasteiger partial charge in [-0.1, -0.05) is 136 Å². The number of aromatic amines is 1. The van der Waals surface area contributed by atoms with E-state index in [9.17, 15) is 0 Å². The Morgan fingerprint density at radius 3 is 1.53 bits per heavy atom. The summed E-state index contributed by atoms with van der Waals surface area (Å²) < 4.78 is 2.52. The Balaban J connectivity index is 2.04. The Hall–Kier alpha value is -0.790. The molecule has 0 aliphatic heterocycles. The Kier molecular flexibility index (Phi) is 19.0. The van der Waals surface area contributed by atoms with Gasteiger partial charge in [0, 0.05) is 0 Å². The highest BCUT2D eigenvalue weighted by Crippen LogP contribution is 2.25. The summed E-state index contributed by atoms with van der Waals surface area (Å²) in [6.45, 7) is 9.31. The average molecular weight is 448 g/mol. The van der Waals surface area contributed by atoms with Gasteiger partial charge in [-0.3, -0.25) is 0 Å². The summed E-state index contributed by atoms with van der Waals surface area (Å²) in [6, 6.07) is 0.617. The van der Waals surface area contributed by atoms with Crippen LogP contribution in [0.4, 0.5) is 0 Å². The van der Waals surface area contributed by atoms with Crippen LogP contribution in [0.1, 0.15) is 180 Å². The molecule has 32 heavy (non-hydrogen) atoms. The van der Waals surface area contributed by atoms with Crippen LogP contribution in [0.25, 0.3) is 0 Å². The maximum atomic E-state index is 3.60. The second kappa shape index (κ2) is 20.8. The van der Waals surface area contributed by atoms with Crippen molar-refractivity contribution < 1.29 is 4.57 Å². The zero-order valence-corrected chi connectivity index (χ0v) is 22.6. The second-order valence-corrected chi connectivity index (χ2v) is 10.5. The maximum absolute atomic E-state index is 3.60. The summed E-state index contributed by atoms with van der Waals surface area (Å²) in [6.07, 6.45) is 34.1. The second-order valence-electron chi connectivity index (χ2n) is 10.5.